The van der Waals surface area contributed by atoms with Gasteiger partial charge >= 0.3 is 6.03 Å². The normalized spacial score (nSPS) is 20.8. The van der Waals surface area contributed by atoms with E-state index in [2.05, 4.69) is 16.7 Å². The molecule has 2 rings (SSSR count). The molecule has 0 heterocycles. The maximum Gasteiger partial charge on any atom is 0.315 e. The summed E-state index contributed by atoms with van der Waals surface area (Å²) in [4.78, 5) is 25.3. The third kappa shape index (κ3) is 3.66. The minimum absolute atomic E-state index is 0.0571. The van der Waals surface area contributed by atoms with Crippen LogP contribution in [0.4, 0.5) is 4.79 Å². The van der Waals surface area contributed by atoms with E-state index in [1.165, 1.54) is 11.3 Å². The number of hydrogen-bond donors (Lipinski definition) is 2. The van der Waals surface area contributed by atoms with E-state index in [0.29, 0.717) is 0 Å². The Kier molecular flexibility index (Phi) is 5.05. The second-order valence-corrected chi connectivity index (χ2v) is 6.11. The molecule has 0 aliphatic heterocycles. The van der Waals surface area contributed by atoms with Crippen molar-refractivity contribution in [2.24, 2.45) is 0 Å². The number of urea groups is 1. The van der Waals surface area contributed by atoms with Gasteiger partial charge in [-0.15, -0.1) is 0 Å². The van der Waals surface area contributed by atoms with Crippen LogP contribution in [0, 0.1) is 11.3 Å². The van der Waals surface area contributed by atoms with Gasteiger partial charge in [0, 0.05) is 13.1 Å². The number of nitrogens with one attached hydrogen (secondary N) is 2. The molecule has 2 aliphatic rings. The second-order valence-electron chi connectivity index (χ2n) is 6.11. The van der Waals surface area contributed by atoms with Crippen molar-refractivity contribution in [3.05, 3.63) is 0 Å². The fourth-order valence-electron chi connectivity index (χ4n) is 3.03. The Morgan fingerprint density at radius 1 is 1.24 bits per heavy atom. The van der Waals surface area contributed by atoms with Gasteiger partial charge in [-0.05, 0) is 32.1 Å². The molecule has 2 saturated carbocycles. The van der Waals surface area contributed by atoms with Crippen molar-refractivity contribution in [1.29, 1.82) is 5.26 Å². The summed E-state index contributed by atoms with van der Waals surface area (Å²) in [5.74, 6) is -0.213. The second kappa shape index (κ2) is 6.79. The van der Waals surface area contributed by atoms with Gasteiger partial charge in [0.1, 0.15) is 5.54 Å². The molecule has 0 bridgehead atoms. The SMILES string of the molecule is CN(C(=O)CNC(=O)NC1CCCCC1)C1(C#N)CCC1. The van der Waals surface area contributed by atoms with Gasteiger partial charge in [0.15, 0.2) is 0 Å². The zero-order valence-electron chi connectivity index (χ0n) is 12.7. The minimum Gasteiger partial charge on any atom is -0.335 e. The Bertz CT molecular complexity index is 433. The highest BCUT2D eigenvalue weighted by atomic mass is 16.2. The van der Waals surface area contributed by atoms with Crippen molar-refractivity contribution in [3.63, 3.8) is 0 Å². The van der Waals surface area contributed by atoms with Crippen LogP contribution in [0.1, 0.15) is 51.4 Å². The fraction of sp³-hybridized carbons (Fsp3) is 0.800. The van der Waals surface area contributed by atoms with Crippen molar-refractivity contribution in [2.75, 3.05) is 13.6 Å². The van der Waals surface area contributed by atoms with E-state index in [-0.39, 0.29) is 24.5 Å². The summed E-state index contributed by atoms with van der Waals surface area (Å²) in [7, 11) is 1.64. The molecule has 3 amide bonds. The molecule has 0 saturated heterocycles. The van der Waals surface area contributed by atoms with Crippen molar-refractivity contribution in [2.45, 2.75) is 62.9 Å². The van der Waals surface area contributed by atoms with Crippen LogP contribution >= 0.6 is 0 Å². The number of nitriles is 1. The van der Waals surface area contributed by atoms with Crippen LogP contribution in [0.3, 0.4) is 0 Å². The van der Waals surface area contributed by atoms with Crippen LogP contribution < -0.4 is 10.6 Å². The van der Waals surface area contributed by atoms with Crippen LogP contribution in [-0.2, 0) is 4.79 Å². The molecule has 116 valence electrons. The van der Waals surface area contributed by atoms with E-state index in [1.807, 2.05) is 0 Å². The first-order chi connectivity index (χ1) is 10.1. The number of nitrogens with zero attached hydrogens (tertiary/aromatic N) is 2. The van der Waals surface area contributed by atoms with Gasteiger partial charge in [-0.1, -0.05) is 19.3 Å². The van der Waals surface area contributed by atoms with E-state index >= 15 is 0 Å². The van der Waals surface area contributed by atoms with E-state index in [9.17, 15) is 14.9 Å². The number of carbonyl (C=O) groups is 2. The molecule has 0 radical (unpaired) electrons. The van der Waals surface area contributed by atoms with Gasteiger partial charge in [-0.2, -0.15) is 5.26 Å². The predicted molar refractivity (Wildman–Crippen MR) is 78.4 cm³/mol. The van der Waals surface area contributed by atoms with E-state index in [1.54, 1.807) is 7.05 Å². The molecule has 2 fully saturated rings. The van der Waals surface area contributed by atoms with Gasteiger partial charge in [0.05, 0.1) is 12.6 Å². The minimum atomic E-state index is -0.654. The molecule has 0 aromatic carbocycles. The standard InChI is InChI=1S/C15H24N4O2/c1-19(15(11-16)8-5-9-15)13(20)10-17-14(21)18-12-6-3-2-4-7-12/h12H,2-10H2,1H3,(H2,17,18,21). The monoisotopic (exact) mass is 292 g/mol. The topological polar surface area (TPSA) is 85.2 Å². The first-order valence-electron chi connectivity index (χ1n) is 7.80. The number of hydrogen-bond acceptors (Lipinski definition) is 3. The van der Waals surface area contributed by atoms with Crippen LogP contribution in [-0.4, -0.2) is 42.0 Å². The summed E-state index contributed by atoms with van der Waals surface area (Å²) < 4.78 is 0. The molecule has 6 nitrogen and oxygen atoms in total. The molecule has 0 unspecified atom stereocenters. The zero-order chi connectivity index (χ0) is 15.3. The van der Waals surface area contributed by atoms with Gasteiger partial charge in [0.2, 0.25) is 5.91 Å². The first-order valence-corrected chi connectivity index (χ1v) is 7.80. The Balaban J connectivity index is 1.73. The molecule has 0 aromatic heterocycles. The van der Waals surface area contributed by atoms with Gasteiger partial charge in [-0.25, -0.2) is 4.79 Å². The van der Waals surface area contributed by atoms with Gasteiger partial charge < -0.3 is 15.5 Å². The Hall–Kier alpha value is -1.77. The van der Waals surface area contributed by atoms with Crippen molar-refractivity contribution < 1.29 is 9.59 Å². The summed E-state index contributed by atoms with van der Waals surface area (Å²) in [5, 5.41) is 14.7. The Morgan fingerprint density at radius 3 is 2.43 bits per heavy atom. The third-order valence-corrected chi connectivity index (χ3v) is 4.75. The van der Waals surface area contributed by atoms with Gasteiger partial charge in [0.25, 0.3) is 0 Å². The summed E-state index contributed by atoms with van der Waals surface area (Å²) in [6.07, 6.45) is 7.98. The van der Waals surface area contributed by atoms with E-state index in [4.69, 9.17) is 0 Å². The largest absolute Gasteiger partial charge is 0.335 e. The lowest BCUT2D eigenvalue weighted by atomic mass is 9.77. The molecule has 2 aliphatic carbocycles. The summed E-state index contributed by atoms with van der Waals surface area (Å²) in [6, 6.07) is 2.16. The molecular weight excluding hydrogens is 268 g/mol. The molecule has 0 atom stereocenters. The van der Waals surface area contributed by atoms with Crippen LogP contribution in [0.5, 0.6) is 0 Å². The lowest BCUT2D eigenvalue weighted by molar-refractivity contribution is -0.135. The van der Waals surface area contributed by atoms with E-state index in [0.717, 1.165) is 44.9 Å². The molecule has 2 N–H and O–H groups in total. The molecule has 6 heteroatoms. The average Bonchev–Trinajstić information content (AvgIpc) is 2.45. The lowest BCUT2D eigenvalue weighted by Gasteiger charge is -2.42. The van der Waals surface area contributed by atoms with Crippen LogP contribution in [0.15, 0.2) is 0 Å². The van der Waals surface area contributed by atoms with Crippen LogP contribution in [0.25, 0.3) is 0 Å². The molecule has 0 spiro atoms. The number of likely N-dealkylation sites (N-methyl/N-ethyl adjacent to an activating group) is 1. The van der Waals surface area contributed by atoms with E-state index < -0.39 is 5.54 Å². The number of carbonyl (C=O) groups excluding carboxylic acids is 2. The summed E-state index contributed by atoms with van der Waals surface area (Å²) in [6.45, 7) is -0.0571. The average molecular weight is 292 g/mol. The maximum absolute atomic E-state index is 12.1. The van der Waals surface area contributed by atoms with Crippen molar-refractivity contribution in [1.82, 2.24) is 15.5 Å². The predicted octanol–water partition coefficient (Wildman–Crippen LogP) is 1.52. The summed E-state index contributed by atoms with van der Waals surface area (Å²) >= 11 is 0. The number of rotatable bonds is 4. The maximum atomic E-state index is 12.1. The first kappa shape index (κ1) is 15.6. The Labute approximate surface area is 125 Å². The number of amides is 3. The quantitative estimate of drug-likeness (QED) is 0.824. The Morgan fingerprint density at radius 2 is 1.90 bits per heavy atom. The van der Waals surface area contributed by atoms with Crippen molar-refractivity contribution in [3.8, 4) is 6.07 Å². The van der Waals surface area contributed by atoms with Crippen LogP contribution in [0.2, 0.25) is 0 Å². The zero-order valence-corrected chi connectivity index (χ0v) is 12.7. The van der Waals surface area contributed by atoms with Gasteiger partial charge in [-0.3, -0.25) is 4.79 Å². The highest BCUT2D eigenvalue weighted by Gasteiger charge is 2.43. The smallest absolute Gasteiger partial charge is 0.315 e. The fourth-order valence-corrected chi connectivity index (χ4v) is 3.03. The molecule has 0 aromatic rings. The third-order valence-electron chi connectivity index (χ3n) is 4.75. The molecule has 21 heavy (non-hydrogen) atoms. The highest BCUT2D eigenvalue weighted by Crippen LogP contribution is 2.36. The lowest BCUT2D eigenvalue weighted by Crippen LogP contribution is -2.56. The molecular formula is C15H24N4O2. The van der Waals surface area contributed by atoms with Crippen molar-refractivity contribution >= 4 is 11.9 Å². The highest BCUT2D eigenvalue weighted by molar-refractivity contribution is 5.84. The summed E-state index contributed by atoms with van der Waals surface area (Å²) in [5.41, 5.74) is -0.654.